The summed E-state index contributed by atoms with van der Waals surface area (Å²) >= 11 is 0. The van der Waals surface area contributed by atoms with Crippen molar-refractivity contribution >= 4 is 42.8 Å². The van der Waals surface area contributed by atoms with Gasteiger partial charge in [0.2, 0.25) is 0 Å². The van der Waals surface area contributed by atoms with E-state index in [2.05, 4.69) is 21.3 Å². The van der Waals surface area contributed by atoms with Crippen LogP contribution in [0.1, 0.15) is 0 Å². The normalized spacial score (nSPS) is 10.9. The molecule has 0 aromatic rings. The molecule has 0 amide bonds. The zero-order valence-electron chi connectivity index (χ0n) is 36.5. The van der Waals surface area contributed by atoms with Crippen molar-refractivity contribution in [1.29, 1.82) is 0 Å². The van der Waals surface area contributed by atoms with Gasteiger partial charge in [0.25, 0.3) is 0 Å². The van der Waals surface area contributed by atoms with Crippen LogP contribution >= 0.6 is 0 Å². The Morgan fingerprint density at radius 3 is 0.578 bits per heavy atom. The average molecular weight is 1040 g/mol. The molecule has 0 spiro atoms. The van der Waals surface area contributed by atoms with Crippen LogP contribution in [-0.2, 0) is 68.3 Å². The van der Waals surface area contributed by atoms with Gasteiger partial charge >= 0.3 is 53.8 Å². The lowest BCUT2D eigenvalue weighted by atomic mass is 10.6. The minimum absolute atomic E-state index is 0.493. The summed E-state index contributed by atoms with van der Waals surface area (Å²) in [5.41, 5.74) is -12.3. The minimum Gasteiger partial charge on any atom is -0.450 e. The van der Waals surface area contributed by atoms with Crippen LogP contribution in [0.25, 0.3) is 0 Å². The number of methoxy groups -OCH3 is 8. The summed E-state index contributed by atoms with van der Waals surface area (Å²) in [4.78, 5) is 17.1. The van der Waals surface area contributed by atoms with Crippen LogP contribution in [-0.4, -0.2) is 240 Å². The molecule has 0 saturated carbocycles. The molecule has 0 atom stereocenters. The lowest BCUT2D eigenvalue weighted by molar-refractivity contribution is -0.0476. The molecule has 36 heteroatoms. The lowest BCUT2D eigenvalue weighted by Crippen LogP contribution is -2.45. The molecule has 0 radical (unpaired) electrons. The first kappa shape index (κ1) is 78.5. The van der Waals surface area contributed by atoms with Crippen LogP contribution in [0.15, 0.2) is 0 Å². The monoisotopic (exact) mass is 1040 g/mol. The van der Waals surface area contributed by atoms with Gasteiger partial charge in [-0.25, -0.2) is 26.4 Å². The third kappa shape index (κ3) is 98.3. The summed E-state index contributed by atoms with van der Waals surface area (Å²) < 4.78 is 178. The third-order valence-corrected chi connectivity index (χ3v) is 7.67. The van der Waals surface area contributed by atoms with Crippen LogP contribution in [0.2, 0.25) is 0 Å². The van der Waals surface area contributed by atoms with E-state index in [-0.39, 0.29) is 0 Å². The van der Waals surface area contributed by atoms with Crippen molar-refractivity contribution in [3.8, 4) is 0 Å². The van der Waals surface area contributed by atoms with E-state index in [0.29, 0.717) is 0 Å². The molecule has 0 saturated heterocycles. The van der Waals surface area contributed by atoms with Gasteiger partial charge in [-0.05, 0) is 0 Å². The van der Waals surface area contributed by atoms with Gasteiger partial charge in [0.05, 0.1) is 52.9 Å². The summed E-state index contributed by atoms with van der Waals surface area (Å²) in [6.45, 7) is 13.4. The van der Waals surface area contributed by atoms with E-state index in [4.69, 9.17) is 85.4 Å². The van der Waals surface area contributed by atoms with Crippen LogP contribution in [0.4, 0.5) is 35.9 Å². The quantitative estimate of drug-likeness (QED) is 0.0297. The first-order chi connectivity index (χ1) is 29.3. The lowest BCUT2D eigenvalue weighted by Gasteiger charge is -2.11. The summed E-state index contributed by atoms with van der Waals surface area (Å²) in [5.74, 6) is 0. The van der Waals surface area contributed by atoms with E-state index in [9.17, 15) is 43.2 Å². The van der Waals surface area contributed by atoms with Crippen molar-refractivity contribution < 1.29 is 129 Å². The number of alkyl halides is 6. The number of halogens is 6. The van der Waals surface area contributed by atoms with E-state index in [1.54, 1.807) is 56.9 Å². The SMILES string of the molecule is COCCNCCOC.COCCNCCOC.COCCNCCOC.COCCNCCOC.O=C(O)O.O=C(O)O.O=S(=O)(NS(=O)(=O)C(F)(F)F)C(F)(F)F.O=S(=O)(O)O. The fourth-order valence-electron chi connectivity index (χ4n) is 2.13. The van der Waals surface area contributed by atoms with E-state index >= 15 is 0 Å². The zero-order chi connectivity index (χ0) is 52.2. The van der Waals surface area contributed by atoms with Crippen LogP contribution in [0, 0.1) is 0 Å². The van der Waals surface area contributed by atoms with Crippen molar-refractivity contribution in [2.45, 2.75) is 11.0 Å². The highest BCUT2D eigenvalue weighted by Crippen LogP contribution is 2.27. The Kier molecular flexibility index (Phi) is 67.1. The predicted octanol–water partition coefficient (Wildman–Crippen LogP) is -0.458. The molecule has 0 aromatic carbocycles. The second kappa shape index (κ2) is 54.7. The number of ether oxygens (including phenoxy) is 8. The van der Waals surface area contributed by atoms with Crippen molar-refractivity contribution in [2.24, 2.45) is 0 Å². The van der Waals surface area contributed by atoms with Crippen molar-refractivity contribution in [1.82, 2.24) is 25.4 Å². The van der Waals surface area contributed by atoms with Gasteiger partial charge in [-0.3, -0.25) is 9.11 Å². The molecule has 11 N–H and O–H groups in total. The maximum absolute atomic E-state index is 11.5. The molecule has 0 fully saturated rings. The fourth-order valence-corrected chi connectivity index (χ4v) is 4.04. The number of carboxylic acid groups (broad SMARTS) is 4. The largest absolute Gasteiger partial charge is 0.512 e. The Hall–Kier alpha value is -2.63. The maximum atomic E-state index is 11.5. The molecule has 64 heavy (non-hydrogen) atoms. The van der Waals surface area contributed by atoms with Crippen molar-refractivity contribution in [2.75, 3.05) is 162 Å². The van der Waals surface area contributed by atoms with Crippen LogP contribution < -0.4 is 25.4 Å². The summed E-state index contributed by atoms with van der Waals surface area (Å²) in [6.07, 6.45) is -3.67. The molecular weight excluding hydrogens is 969 g/mol. The number of rotatable bonds is 26. The molecule has 0 bridgehead atoms. The van der Waals surface area contributed by atoms with Gasteiger partial charge < -0.3 is 79.6 Å². The second-order valence-corrected chi connectivity index (χ2v) is 14.4. The molecule has 0 heterocycles. The minimum atomic E-state index is -6.60. The average Bonchev–Trinajstić information content (AvgIpc) is 3.13. The highest BCUT2D eigenvalue weighted by molar-refractivity contribution is 8.05. The van der Waals surface area contributed by atoms with Crippen LogP contribution in [0.3, 0.4) is 0 Å². The van der Waals surface area contributed by atoms with E-state index in [0.717, 1.165) is 105 Å². The second-order valence-electron chi connectivity index (χ2n) is 9.94. The smallest absolute Gasteiger partial charge is 0.450 e. The molecule has 396 valence electrons. The predicted molar refractivity (Wildman–Crippen MR) is 215 cm³/mol. The molecular formula is C28H67F6N5O22S3. The van der Waals surface area contributed by atoms with Gasteiger partial charge in [-0.15, -0.1) is 0 Å². The summed E-state index contributed by atoms with van der Waals surface area (Å²) in [5, 5.41) is 40.4. The first-order valence-electron chi connectivity index (χ1n) is 17.0. The van der Waals surface area contributed by atoms with Gasteiger partial charge in [0, 0.05) is 109 Å². The molecule has 0 aliphatic heterocycles. The Bertz CT molecular complexity index is 1160. The molecule has 0 aliphatic carbocycles. The Morgan fingerprint density at radius 1 is 0.391 bits per heavy atom. The maximum Gasteiger partial charge on any atom is 0.512 e. The molecule has 0 aromatic heterocycles. The molecule has 0 aliphatic rings. The number of sulfonamides is 2. The first-order valence-corrected chi connectivity index (χ1v) is 21.4. The molecule has 27 nitrogen and oxygen atoms in total. The Balaban J connectivity index is -0.0000000966. The highest BCUT2D eigenvalue weighted by Gasteiger charge is 2.55. The molecule has 0 unspecified atom stereocenters. The van der Waals surface area contributed by atoms with E-state index < -0.39 is 57.9 Å². The number of nitrogens with one attached hydrogen (secondary N) is 5. The third-order valence-electron chi connectivity index (χ3n) is 4.69. The fraction of sp³-hybridized carbons (Fsp3) is 0.929. The van der Waals surface area contributed by atoms with Crippen molar-refractivity contribution in [3.05, 3.63) is 0 Å². The standard InChI is InChI=1S/4C6H15NO2.C2HF6NO4S2.2CH2O3.H2O4S/c4*1-8-5-3-7-4-6-9-2;3-1(4,5)14(10,11)9-15(12,13)2(6,7)8;2*2-1(3)4;1-5(2,3)4/h4*7H,3-6H2,1-2H3;9H;2*(H2,2,3,4);(H2,1,2,3,4). The van der Waals surface area contributed by atoms with Gasteiger partial charge in [0.1, 0.15) is 0 Å². The Labute approximate surface area is 369 Å². The van der Waals surface area contributed by atoms with Gasteiger partial charge in [-0.2, -0.15) is 34.8 Å². The van der Waals surface area contributed by atoms with E-state index in [1.807, 2.05) is 0 Å². The van der Waals surface area contributed by atoms with Crippen LogP contribution in [0.5, 0.6) is 0 Å². The number of carbonyl (C=O) groups is 2. The van der Waals surface area contributed by atoms with E-state index in [1.165, 1.54) is 0 Å². The number of hydrogen-bond donors (Lipinski definition) is 11. The molecule has 0 rings (SSSR count). The topological polar surface area (TPSA) is 392 Å². The van der Waals surface area contributed by atoms with Crippen molar-refractivity contribution in [3.63, 3.8) is 0 Å². The highest BCUT2D eigenvalue weighted by atomic mass is 32.3. The summed E-state index contributed by atoms with van der Waals surface area (Å²) in [7, 11) is -4.32. The van der Waals surface area contributed by atoms with Gasteiger partial charge in [0.15, 0.2) is 0 Å². The van der Waals surface area contributed by atoms with Gasteiger partial charge in [-0.1, -0.05) is 4.13 Å². The number of hydrogen-bond acceptors (Lipinski definition) is 20. The summed E-state index contributed by atoms with van der Waals surface area (Å²) in [6, 6.07) is 0. The Morgan fingerprint density at radius 2 is 0.500 bits per heavy atom. The zero-order valence-corrected chi connectivity index (χ0v) is 39.0.